The number of carbonyl (C=O) groups excluding carboxylic acids is 4. The Bertz CT molecular complexity index is 1270. The molecule has 0 aliphatic carbocycles. The Morgan fingerprint density at radius 2 is 1.71 bits per heavy atom. The highest BCUT2D eigenvalue weighted by molar-refractivity contribution is 6.07. The summed E-state index contributed by atoms with van der Waals surface area (Å²) in [4.78, 5) is 55.7. The van der Waals surface area contributed by atoms with Crippen molar-refractivity contribution in [3.05, 3.63) is 11.3 Å². The average Bonchev–Trinajstić information content (AvgIpc) is 3.04. The molecule has 0 saturated carbocycles. The third kappa shape index (κ3) is 8.77. The molecule has 0 aromatic carbocycles. The van der Waals surface area contributed by atoms with Crippen LogP contribution in [0.2, 0.25) is 0 Å². The number of hydrogen-bond donors (Lipinski definition) is 3. The molecule has 3 N–H and O–H groups in total. The molecule has 49 heavy (non-hydrogen) atoms. The molecule has 2 bridgehead atoms. The van der Waals surface area contributed by atoms with Gasteiger partial charge in [0.25, 0.3) is 5.67 Å². The molecule has 280 valence electrons. The molecule has 14 heteroatoms. The van der Waals surface area contributed by atoms with Gasteiger partial charge in [0.15, 0.2) is 17.9 Å². The number of Topliss-reactive ketones (excluding diaryl/α,β-unsaturated/α-hetero) is 2. The summed E-state index contributed by atoms with van der Waals surface area (Å²) in [5, 5.41) is 26.3. The van der Waals surface area contributed by atoms with E-state index in [4.69, 9.17) is 23.7 Å². The van der Waals surface area contributed by atoms with E-state index in [0.29, 0.717) is 17.7 Å². The second-order valence-electron chi connectivity index (χ2n) is 14.7. The van der Waals surface area contributed by atoms with Crippen LogP contribution >= 0.6 is 0 Å². The van der Waals surface area contributed by atoms with Crippen LogP contribution in [0.1, 0.15) is 88.0 Å². The molecule has 1 fully saturated rings. The molecule has 1 amide bonds. The third-order valence-corrected chi connectivity index (χ3v) is 10.3. The number of aliphatic hydroxyl groups is 2. The topological polar surface area (TPSA) is 170 Å². The number of amides is 1. The molecule has 3 aliphatic rings. The molecule has 13 nitrogen and oxygen atoms in total. The number of carbonyl (C=O) groups is 4. The number of nitrogens with one attached hydrogen (secondary N) is 1. The zero-order valence-corrected chi connectivity index (χ0v) is 30.8. The first-order chi connectivity index (χ1) is 22.6. The van der Waals surface area contributed by atoms with Gasteiger partial charge in [-0.25, -0.2) is 9.18 Å². The minimum absolute atomic E-state index is 0.00646. The summed E-state index contributed by atoms with van der Waals surface area (Å²) < 4.78 is 47.1. The van der Waals surface area contributed by atoms with E-state index in [1.54, 1.807) is 48.7 Å². The fourth-order valence-corrected chi connectivity index (χ4v) is 7.44. The number of likely N-dealkylation sites (N-methyl/N-ethyl adjacent to an activating group) is 1. The van der Waals surface area contributed by atoms with E-state index in [0.717, 1.165) is 6.92 Å². The zero-order valence-electron chi connectivity index (χ0n) is 30.8. The van der Waals surface area contributed by atoms with Crippen molar-refractivity contribution in [2.24, 2.45) is 11.8 Å². The number of fused-ring (bicyclic) bond motifs is 4. The number of ether oxygens (including phenoxy) is 5. The average molecular weight is 701 g/mol. The highest BCUT2D eigenvalue weighted by atomic mass is 19.1. The van der Waals surface area contributed by atoms with Gasteiger partial charge in [-0.05, 0) is 61.6 Å². The zero-order chi connectivity index (χ0) is 37.2. The maximum atomic E-state index is 16.6. The molecular formula is C35H57FN2O11. The van der Waals surface area contributed by atoms with Crippen molar-refractivity contribution in [3.63, 3.8) is 0 Å². The molecule has 0 radical (unpaired) electrons. The fraction of sp³-hybridized carbons (Fsp3) is 0.829. The summed E-state index contributed by atoms with van der Waals surface area (Å²) in [6, 6.07) is -0.395. The van der Waals surface area contributed by atoms with Crippen LogP contribution in [0, 0.1) is 11.8 Å². The minimum Gasteiger partial charge on any atom is -0.457 e. The monoisotopic (exact) mass is 700 g/mol. The molecule has 3 rings (SSSR count). The van der Waals surface area contributed by atoms with Gasteiger partial charge in [-0.15, -0.1) is 0 Å². The first-order valence-electron chi connectivity index (χ1n) is 17.2. The molecular weight excluding hydrogens is 643 g/mol. The highest BCUT2D eigenvalue weighted by Crippen LogP contribution is 2.41. The summed E-state index contributed by atoms with van der Waals surface area (Å²) in [5.41, 5.74) is -5.95. The van der Waals surface area contributed by atoms with Gasteiger partial charge in [0.2, 0.25) is 5.91 Å². The Labute approximate surface area is 289 Å². The first kappa shape index (κ1) is 41.1. The SMILES string of the molecule is CCC(=O)NC1=C(C)C[C@@]2(C)OCC(=O)CO[C@H]([C@H]1C)[C@](C)(O)[C@@H](CC)OC(=O)[C@@](C)(F)C(=O)[C@H](C)[C@H]2O[C@@H]1O[C@H](C)C[C@H](N(C)C)[C@H]1O. The summed E-state index contributed by atoms with van der Waals surface area (Å²) in [7, 11) is 3.60. The van der Waals surface area contributed by atoms with E-state index in [1.165, 1.54) is 13.8 Å². The molecule has 12 atom stereocenters. The number of halogens is 1. The van der Waals surface area contributed by atoms with Crippen molar-refractivity contribution in [1.29, 1.82) is 0 Å². The molecule has 0 aromatic heterocycles. The molecule has 0 unspecified atom stereocenters. The summed E-state index contributed by atoms with van der Waals surface area (Å²) in [5.74, 6) is -5.81. The quantitative estimate of drug-likeness (QED) is 0.274. The summed E-state index contributed by atoms with van der Waals surface area (Å²) in [6.45, 7) is 12.6. The molecule has 3 heterocycles. The number of hydrogen-bond acceptors (Lipinski definition) is 12. The predicted molar refractivity (Wildman–Crippen MR) is 176 cm³/mol. The Balaban J connectivity index is 2.36. The number of nitrogens with zero attached hydrogens (tertiary/aromatic N) is 1. The van der Waals surface area contributed by atoms with Crippen LogP contribution in [-0.2, 0) is 42.9 Å². The van der Waals surface area contributed by atoms with E-state index in [1.807, 2.05) is 11.8 Å². The lowest BCUT2D eigenvalue weighted by atomic mass is 9.76. The van der Waals surface area contributed by atoms with Crippen LogP contribution in [0.3, 0.4) is 0 Å². The molecule has 1 saturated heterocycles. The number of cyclic esters (lactones) is 1. The van der Waals surface area contributed by atoms with Gasteiger partial charge in [0.1, 0.15) is 31.0 Å². The van der Waals surface area contributed by atoms with Crippen LogP contribution in [0.5, 0.6) is 0 Å². The smallest absolute Gasteiger partial charge is 0.351 e. The van der Waals surface area contributed by atoms with Crippen LogP contribution in [0.4, 0.5) is 4.39 Å². The first-order valence-corrected chi connectivity index (χ1v) is 17.2. The van der Waals surface area contributed by atoms with Gasteiger partial charge >= 0.3 is 5.97 Å². The lowest BCUT2D eigenvalue weighted by molar-refractivity contribution is -0.295. The van der Waals surface area contributed by atoms with Gasteiger partial charge in [-0.1, -0.05) is 33.3 Å². The van der Waals surface area contributed by atoms with Crippen molar-refractivity contribution in [3.8, 4) is 0 Å². The molecule has 0 spiro atoms. The number of rotatable bonds is 6. The second kappa shape index (κ2) is 15.9. The van der Waals surface area contributed by atoms with Crippen molar-refractivity contribution in [1.82, 2.24) is 10.2 Å². The normalized spacial score (nSPS) is 41.9. The lowest BCUT2D eigenvalue weighted by Crippen LogP contribution is -2.61. The number of aliphatic hydroxyl groups excluding tert-OH is 1. The highest BCUT2D eigenvalue weighted by Gasteiger charge is 2.56. The predicted octanol–water partition coefficient (Wildman–Crippen LogP) is 2.39. The maximum absolute atomic E-state index is 16.6. The van der Waals surface area contributed by atoms with E-state index >= 15 is 4.39 Å². The van der Waals surface area contributed by atoms with Crippen molar-refractivity contribution < 1.29 is 57.5 Å². The van der Waals surface area contributed by atoms with Gasteiger partial charge in [0.05, 0.1) is 23.9 Å². The van der Waals surface area contributed by atoms with Crippen molar-refractivity contribution >= 4 is 23.4 Å². The van der Waals surface area contributed by atoms with Crippen molar-refractivity contribution in [2.75, 3.05) is 27.3 Å². The minimum atomic E-state index is -3.20. The van der Waals surface area contributed by atoms with Crippen molar-refractivity contribution in [2.45, 2.75) is 148 Å². The van der Waals surface area contributed by atoms with E-state index in [-0.39, 0.29) is 31.3 Å². The van der Waals surface area contributed by atoms with Gasteiger partial charge < -0.3 is 44.1 Å². The Morgan fingerprint density at radius 1 is 1.08 bits per heavy atom. The third-order valence-electron chi connectivity index (χ3n) is 10.3. The Hall–Kier alpha value is -2.33. The standard InChI is InChI=1S/C35H57FN2O11/c1-12-24-35(9,44)30-20(5)26(37-25(40)13-2)18(3)15-33(7,46-17-22(39)16-45-30)29(21(6)28(42)34(8,36)32(43)48-24)49-31-27(41)23(38(10)11)14-19(4)47-31/h19-21,23-24,27,29-31,41,44H,12-17H2,1-11H3,(H,37,40)/t19-,20+,21+,23+,24-,27-,29-,30-,31+,33-,34+,35-/m1/s1. The largest absolute Gasteiger partial charge is 0.457 e. The second-order valence-corrected chi connectivity index (χ2v) is 14.7. The van der Waals surface area contributed by atoms with Crippen LogP contribution in [0.25, 0.3) is 0 Å². The van der Waals surface area contributed by atoms with E-state index in [2.05, 4.69) is 5.32 Å². The summed E-state index contributed by atoms with van der Waals surface area (Å²) in [6.07, 6.45) is -6.41. The number of alkyl halides is 1. The van der Waals surface area contributed by atoms with Crippen LogP contribution in [-0.4, -0.2) is 126 Å². The lowest BCUT2D eigenvalue weighted by Gasteiger charge is -2.47. The van der Waals surface area contributed by atoms with Gasteiger partial charge in [0, 0.05) is 36.4 Å². The van der Waals surface area contributed by atoms with Gasteiger partial charge in [-0.3, -0.25) is 14.4 Å². The maximum Gasteiger partial charge on any atom is 0.351 e. The van der Waals surface area contributed by atoms with Crippen LogP contribution < -0.4 is 5.32 Å². The summed E-state index contributed by atoms with van der Waals surface area (Å²) >= 11 is 0. The number of esters is 1. The van der Waals surface area contributed by atoms with Crippen LogP contribution in [0.15, 0.2) is 11.3 Å². The Morgan fingerprint density at radius 3 is 2.29 bits per heavy atom. The van der Waals surface area contributed by atoms with E-state index < -0.39 is 96.2 Å². The molecule has 3 aliphatic heterocycles. The number of ketones is 2. The van der Waals surface area contributed by atoms with E-state index in [9.17, 15) is 29.4 Å². The molecule has 0 aromatic rings. The fourth-order valence-electron chi connectivity index (χ4n) is 7.44. The Kier molecular flexibility index (Phi) is 13.3. The van der Waals surface area contributed by atoms with Gasteiger partial charge in [-0.2, -0.15) is 0 Å².